The molecular weight excluding hydrogens is 597 g/mol. The predicted molar refractivity (Wildman–Crippen MR) is 206 cm³/mol. The van der Waals surface area contributed by atoms with Crippen molar-refractivity contribution in [2.24, 2.45) is 0 Å². The molecule has 0 saturated carbocycles. The van der Waals surface area contributed by atoms with Crippen molar-refractivity contribution in [3.05, 3.63) is 181 Å². The Hall–Kier alpha value is -6.58. The van der Waals surface area contributed by atoms with E-state index in [1.54, 1.807) is 0 Å². The van der Waals surface area contributed by atoms with Crippen LogP contribution in [-0.2, 0) is 0 Å². The lowest BCUT2D eigenvalue weighted by molar-refractivity contribution is 0.672. The summed E-state index contributed by atoms with van der Waals surface area (Å²) in [5.41, 5.74) is -8.70. The van der Waals surface area contributed by atoms with Crippen LogP contribution in [0.3, 0.4) is 0 Å². The lowest BCUT2D eigenvalue weighted by atomic mass is 10.0. The first-order chi connectivity index (χ1) is 36.8. The van der Waals surface area contributed by atoms with E-state index >= 15 is 0 Å². The minimum Gasteiger partial charge on any atom is -0.455 e. The quantitative estimate of drug-likeness (QED) is 0.184. The van der Waals surface area contributed by atoms with Gasteiger partial charge in [-0.2, -0.15) is 0 Å². The summed E-state index contributed by atoms with van der Waals surface area (Å²) in [7, 11) is 0. The number of furan rings is 1. The molecule has 0 radical (unpaired) electrons. The van der Waals surface area contributed by atoms with Crippen molar-refractivity contribution in [2.45, 2.75) is 0 Å². The van der Waals surface area contributed by atoms with Crippen molar-refractivity contribution < 1.29 is 45.5 Å². The number of hydrogen-bond acceptors (Lipinski definition) is 2. The van der Waals surface area contributed by atoms with Gasteiger partial charge in [-0.15, -0.1) is 0 Å². The van der Waals surface area contributed by atoms with Crippen LogP contribution in [0.5, 0.6) is 0 Å². The second-order valence-corrected chi connectivity index (χ2v) is 10.3. The van der Waals surface area contributed by atoms with E-state index in [1.807, 2.05) is 0 Å². The number of aromatic nitrogens is 1. The van der Waals surface area contributed by atoms with Crippen LogP contribution in [0.25, 0.3) is 71.3 Å². The van der Waals surface area contributed by atoms with Crippen molar-refractivity contribution in [3.63, 3.8) is 0 Å². The van der Waals surface area contributed by atoms with E-state index in [0.29, 0.717) is 9.47 Å². The Balaban J connectivity index is 1.51. The number of benzene rings is 8. The van der Waals surface area contributed by atoms with Crippen molar-refractivity contribution in [1.82, 2.24) is 4.57 Å². The predicted octanol–water partition coefficient (Wildman–Crippen LogP) is 13.0. The average Bonchev–Trinajstić information content (AvgIpc) is 4.19. The molecule has 0 saturated heterocycles. The van der Waals surface area contributed by atoms with Crippen LogP contribution in [-0.4, -0.2) is 4.57 Å². The Morgan fingerprint density at radius 3 is 1.98 bits per heavy atom. The number of rotatable bonds is 5. The highest BCUT2D eigenvalue weighted by Gasteiger charge is 2.22. The van der Waals surface area contributed by atoms with Crippen LogP contribution in [0.1, 0.15) is 41.1 Å². The molecule has 3 nitrogen and oxygen atoms in total. The smallest absolute Gasteiger partial charge is 0.143 e. The van der Waals surface area contributed by atoms with E-state index in [9.17, 15) is 13.7 Å². The molecule has 0 fully saturated rings. The van der Waals surface area contributed by atoms with E-state index in [1.165, 1.54) is 0 Å². The SMILES string of the molecule is [2H]c1c([2H])c([2H])c(-c2c([2H])c([2H])c(N(c3c([2H])c([2H])c4c(c3[2H])c3c([2H])c([2H])c([2H])c([2H])c3n4-c3c([2H])c([2H])c([2H])c([2H])c3[2H])c3c([2H])c([2H])c([2H])c4oc5c6c([2H])c([2H])c([2H])c([2H])c6c([2H])c([2H])c5c34)c([2H])c2[2H])c([2H])c1[2H]. The number of nitrogens with zero attached hydrogens (tertiary/aromatic N) is 2. The van der Waals surface area contributed by atoms with E-state index in [0.717, 1.165) is 0 Å². The molecule has 10 rings (SSSR count). The molecule has 3 heteroatoms. The van der Waals surface area contributed by atoms with Gasteiger partial charge in [0.05, 0.1) is 63.2 Å². The van der Waals surface area contributed by atoms with Gasteiger partial charge in [0.2, 0.25) is 0 Å². The fourth-order valence-electron chi connectivity index (χ4n) is 5.57. The number of fused-ring (bicyclic) bond motifs is 8. The van der Waals surface area contributed by atoms with Crippen LogP contribution in [0.2, 0.25) is 0 Å². The Morgan fingerprint density at radius 1 is 0.469 bits per heavy atom. The highest BCUT2D eigenvalue weighted by molar-refractivity contribution is 6.20. The van der Waals surface area contributed by atoms with Crippen LogP contribution >= 0.6 is 0 Å². The summed E-state index contributed by atoms with van der Waals surface area (Å²) in [6.07, 6.45) is 0. The summed E-state index contributed by atoms with van der Waals surface area (Å²) in [6, 6.07) is -30.1. The molecule has 0 N–H and O–H groups in total. The van der Waals surface area contributed by atoms with Crippen LogP contribution in [0.4, 0.5) is 17.1 Å². The first-order valence-corrected chi connectivity index (χ1v) is 14.2. The van der Waals surface area contributed by atoms with Gasteiger partial charge in [-0.1, -0.05) is 115 Å². The van der Waals surface area contributed by atoms with Crippen molar-refractivity contribution in [2.75, 3.05) is 4.90 Å². The second-order valence-electron chi connectivity index (χ2n) is 10.3. The third kappa shape index (κ3) is 4.37. The lowest BCUT2D eigenvalue weighted by Crippen LogP contribution is -2.10. The summed E-state index contributed by atoms with van der Waals surface area (Å²) in [5.74, 6) is 0. The van der Waals surface area contributed by atoms with Crippen LogP contribution in [0, 0.1) is 0 Å². The van der Waals surface area contributed by atoms with E-state index in [2.05, 4.69) is 0 Å². The molecule has 0 spiro atoms. The molecule has 8 aromatic carbocycles. The summed E-state index contributed by atoms with van der Waals surface area (Å²) in [6.45, 7) is 0. The third-order valence-electron chi connectivity index (χ3n) is 7.62. The summed E-state index contributed by atoms with van der Waals surface area (Å²) in [5, 5.41) is -3.94. The van der Waals surface area contributed by atoms with E-state index in [-0.39, 0.29) is 0 Å². The van der Waals surface area contributed by atoms with Gasteiger partial charge < -0.3 is 13.9 Å². The third-order valence-corrected chi connectivity index (χ3v) is 7.62. The minimum atomic E-state index is -1.26. The minimum absolute atomic E-state index is 0.443. The summed E-state index contributed by atoms with van der Waals surface area (Å²) < 4.78 is 276. The van der Waals surface area contributed by atoms with E-state index < -0.39 is 270 Å². The molecule has 2 heterocycles. The fraction of sp³-hybridized carbons (Fsp3) is 0. The summed E-state index contributed by atoms with van der Waals surface area (Å²) >= 11 is 0. The summed E-state index contributed by atoms with van der Waals surface area (Å²) in [4.78, 5) is 0.443. The first kappa shape index (κ1) is 11.0. The molecule has 10 aromatic rings. The monoisotopic (exact) mass is 656 g/mol. The molecular formula is C46H30N2O. The maximum atomic E-state index is 10.2. The highest BCUT2D eigenvalue weighted by Crippen LogP contribution is 2.46. The Bertz CT molecular complexity index is 4480. The zero-order valence-corrected chi connectivity index (χ0v) is 24.3. The topological polar surface area (TPSA) is 21.3 Å². The molecule has 0 aliphatic carbocycles. The molecule has 230 valence electrons. The van der Waals surface area contributed by atoms with Gasteiger partial charge >= 0.3 is 0 Å². The highest BCUT2D eigenvalue weighted by atomic mass is 16.3. The molecule has 2 aromatic heterocycles. The second kappa shape index (κ2) is 11.0. The van der Waals surface area contributed by atoms with Crippen molar-refractivity contribution in [3.8, 4) is 16.8 Å². The van der Waals surface area contributed by atoms with Gasteiger partial charge in [-0.3, -0.25) is 0 Å². The average molecular weight is 657 g/mol. The normalized spacial score (nSPS) is 20.2. The largest absolute Gasteiger partial charge is 0.455 e. The molecule has 49 heavy (non-hydrogen) atoms. The van der Waals surface area contributed by atoms with E-state index in [4.69, 9.17) is 31.8 Å². The molecule has 0 amide bonds. The lowest BCUT2D eigenvalue weighted by Gasteiger charge is -2.26. The number of anilines is 3. The zero-order valence-electron chi connectivity index (χ0n) is 54.3. The van der Waals surface area contributed by atoms with Gasteiger partial charge in [0.25, 0.3) is 0 Å². The van der Waals surface area contributed by atoms with Gasteiger partial charge in [-0.25, -0.2) is 0 Å². The number of para-hydroxylation sites is 2. The van der Waals surface area contributed by atoms with Crippen LogP contribution < -0.4 is 4.90 Å². The van der Waals surface area contributed by atoms with Gasteiger partial charge in [0, 0.05) is 38.6 Å². The Labute approximate surface area is 325 Å². The zero-order chi connectivity index (χ0) is 58.4. The first-order valence-electron chi connectivity index (χ1n) is 29.2. The maximum absolute atomic E-state index is 10.2. The molecule has 0 aliphatic heterocycles. The Kier molecular flexibility index (Phi) is 2.47. The standard InChI is InChI=1S/C46H30N2O/c1-3-12-31(13-4-1)32-22-25-35(26-23-32)47(43-20-11-21-44-45(43)39-28-24-33-14-7-8-17-37(33)46(39)49-44)36-27-29-42-40(30-36)38-18-9-10-19-41(38)48(42)34-15-5-2-6-16-34/h1-30H/i1D,2D,3D,4D,5D,6D,7D,8D,9D,10D,11D,12D,13D,14D,15D,16D,17D,18D,19D,20D,21D,22D,23D,24D,25D,26D,27D,28D,29D,30D. The maximum Gasteiger partial charge on any atom is 0.143 e. The van der Waals surface area contributed by atoms with Crippen molar-refractivity contribution >= 4 is 71.6 Å². The molecule has 0 atom stereocenters. The van der Waals surface area contributed by atoms with Crippen LogP contribution in [0.15, 0.2) is 186 Å². The molecule has 0 bridgehead atoms. The molecule has 0 unspecified atom stereocenters. The van der Waals surface area contributed by atoms with Crippen molar-refractivity contribution in [1.29, 1.82) is 0 Å². The van der Waals surface area contributed by atoms with Gasteiger partial charge in [0.1, 0.15) is 11.2 Å². The fourth-order valence-corrected chi connectivity index (χ4v) is 5.57. The number of hydrogen-bond donors (Lipinski definition) is 0. The Morgan fingerprint density at radius 2 is 1.14 bits per heavy atom. The van der Waals surface area contributed by atoms with Gasteiger partial charge in [0.15, 0.2) is 0 Å². The van der Waals surface area contributed by atoms with Gasteiger partial charge in [-0.05, 0) is 83.0 Å². The molecule has 0 aliphatic rings.